The SMILES string of the molecule is CCCNC(Cc1ccc(Cl)cc1F)C(C)(C)OC. The summed E-state index contributed by atoms with van der Waals surface area (Å²) in [6.45, 7) is 7.00. The Morgan fingerprint density at radius 3 is 2.63 bits per heavy atom. The van der Waals surface area contributed by atoms with Crippen molar-refractivity contribution >= 4 is 11.6 Å². The van der Waals surface area contributed by atoms with Crippen LogP contribution in [0.25, 0.3) is 0 Å². The molecule has 1 rings (SSSR count). The van der Waals surface area contributed by atoms with E-state index in [4.69, 9.17) is 16.3 Å². The van der Waals surface area contributed by atoms with E-state index < -0.39 is 0 Å². The lowest BCUT2D eigenvalue weighted by Crippen LogP contribution is -2.49. The van der Waals surface area contributed by atoms with Crippen molar-refractivity contribution in [1.82, 2.24) is 5.32 Å². The summed E-state index contributed by atoms with van der Waals surface area (Å²) in [4.78, 5) is 0. The quantitative estimate of drug-likeness (QED) is 0.823. The summed E-state index contributed by atoms with van der Waals surface area (Å²) >= 11 is 5.77. The van der Waals surface area contributed by atoms with Crippen molar-refractivity contribution in [2.24, 2.45) is 0 Å². The lowest BCUT2D eigenvalue weighted by molar-refractivity contribution is -0.0102. The van der Waals surface area contributed by atoms with Gasteiger partial charge in [-0.3, -0.25) is 0 Å². The van der Waals surface area contributed by atoms with Crippen molar-refractivity contribution in [2.45, 2.75) is 45.3 Å². The van der Waals surface area contributed by atoms with Gasteiger partial charge < -0.3 is 10.1 Å². The maximum Gasteiger partial charge on any atom is 0.127 e. The van der Waals surface area contributed by atoms with E-state index >= 15 is 0 Å². The number of nitrogens with one attached hydrogen (secondary N) is 1. The molecule has 4 heteroatoms. The molecule has 1 aromatic rings. The van der Waals surface area contributed by atoms with E-state index in [1.54, 1.807) is 19.2 Å². The summed E-state index contributed by atoms with van der Waals surface area (Å²) in [5.41, 5.74) is 0.296. The highest BCUT2D eigenvalue weighted by molar-refractivity contribution is 6.30. The predicted octanol–water partition coefficient (Wildman–Crippen LogP) is 3.81. The number of methoxy groups -OCH3 is 1. The summed E-state index contributed by atoms with van der Waals surface area (Å²) < 4.78 is 19.4. The number of hydrogen-bond acceptors (Lipinski definition) is 2. The smallest absolute Gasteiger partial charge is 0.127 e. The summed E-state index contributed by atoms with van der Waals surface area (Å²) in [5, 5.41) is 3.85. The van der Waals surface area contributed by atoms with Crippen LogP contribution in [-0.2, 0) is 11.2 Å². The van der Waals surface area contributed by atoms with Gasteiger partial charge >= 0.3 is 0 Å². The topological polar surface area (TPSA) is 21.3 Å². The van der Waals surface area contributed by atoms with Crippen molar-refractivity contribution in [3.05, 3.63) is 34.6 Å². The molecular formula is C15H23ClFNO. The molecule has 0 fully saturated rings. The van der Waals surface area contributed by atoms with E-state index in [9.17, 15) is 4.39 Å². The van der Waals surface area contributed by atoms with Gasteiger partial charge in [0.05, 0.1) is 5.60 Å². The molecule has 0 aliphatic carbocycles. The number of hydrogen-bond donors (Lipinski definition) is 1. The van der Waals surface area contributed by atoms with E-state index in [1.807, 2.05) is 13.8 Å². The Morgan fingerprint density at radius 2 is 2.11 bits per heavy atom. The molecule has 0 spiro atoms. The molecule has 1 atom stereocenters. The van der Waals surface area contributed by atoms with E-state index in [0.29, 0.717) is 17.0 Å². The molecule has 0 aromatic heterocycles. The van der Waals surface area contributed by atoms with Gasteiger partial charge in [0, 0.05) is 18.2 Å². The molecule has 1 N–H and O–H groups in total. The molecule has 0 aliphatic rings. The number of ether oxygens (including phenoxy) is 1. The van der Waals surface area contributed by atoms with Gasteiger partial charge in [-0.25, -0.2) is 4.39 Å². The van der Waals surface area contributed by atoms with Crippen LogP contribution in [0.4, 0.5) is 4.39 Å². The first kappa shape index (κ1) is 16.4. The van der Waals surface area contributed by atoms with Gasteiger partial charge in [0.1, 0.15) is 5.82 Å². The maximum atomic E-state index is 13.9. The molecule has 0 saturated heterocycles. The average Bonchev–Trinajstić information content (AvgIpc) is 2.36. The Kier molecular flexibility index (Phi) is 6.24. The van der Waals surface area contributed by atoms with Gasteiger partial charge in [0.25, 0.3) is 0 Å². The van der Waals surface area contributed by atoms with E-state index in [-0.39, 0.29) is 17.5 Å². The third-order valence-corrected chi connectivity index (χ3v) is 3.68. The van der Waals surface area contributed by atoms with Crippen molar-refractivity contribution in [2.75, 3.05) is 13.7 Å². The average molecular weight is 288 g/mol. The zero-order valence-electron chi connectivity index (χ0n) is 12.1. The first-order chi connectivity index (χ1) is 8.90. The van der Waals surface area contributed by atoms with E-state index in [2.05, 4.69) is 12.2 Å². The molecular weight excluding hydrogens is 265 g/mol. The van der Waals surface area contributed by atoms with Crippen molar-refractivity contribution < 1.29 is 9.13 Å². The lowest BCUT2D eigenvalue weighted by Gasteiger charge is -2.34. The fraction of sp³-hybridized carbons (Fsp3) is 0.600. The van der Waals surface area contributed by atoms with Gasteiger partial charge in [0.2, 0.25) is 0 Å². The lowest BCUT2D eigenvalue weighted by atomic mass is 9.91. The molecule has 0 amide bonds. The van der Waals surface area contributed by atoms with Gasteiger partial charge in [-0.05, 0) is 50.9 Å². The van der Waals surface area contributed by atoms with Crippen LogP contribution < -0.4 is 5.32 Å². The first-order valence-corrected chi connectivity index (χ1v) is 7.01. The summed E-state index contributed by atoms with van der Waals surface area (Å²) in [6, 6.07) is 4.86. The molecule has 0 radical (unpaired) electrons. The highest BCUT2D eigenvalue weighted by atomic mass is 35.5. The van der Waals surface area contributed by atoms with Crippen LogP contribution in [0.2, 0.25) is 5.02 Å². The van der Waals surface area contributed by atoms with Gasteiger partial charge in [-0.2, -0.15) is 0 Å². The monoisotopic (exact) mass is 287 g/mol. The Labute approximate surface area is 120 Å². The van der Waals surface area contributed by atoms with Crippen molar-refractivity contribution in [3.8, 4) is 0 Å². The normalized spacial score (nSPS) is 13.6. The molecule has 2 nitrogen and oxygen atoms in total. The highest BCUT2D eigenvalue weighted by Gasteiger charge is 2.29. The van der Waals surface area contributed by atoms with Crippen LogP contribution in [0.3, 0.4) is 0 Å². The Morgan fingerprint density at radius 1 is 1.42 bits per heavy atom. The van der Waals surface area contributed by atoms with Crippen LogP contribution in [-0.4, -0.2) is 25.3 Å². The minimum absolute atomic E-state index is 0.0492. The third kappa shape index (κ3) is 4.75. The highest BCUT2D eigenvalue weighted by Crippen LogP contribution is 2.21. The standard InChI is InChI=1S/C15H23ClFNO/c1-5-8-18-14(15(2,3)19-4)9-11-6-7-12(16)10-13(11)17/h6-7,10,14,18H,5,8-9H2,1-4H3. The minimum Gasteiger partial charge on any atom is -0.377 e. The largest absolute Gasteiger partial charge is 0.377 e. The molecule has 19 heavy (non-hydrogen) atoms. The van der Waals surface area contributed by atoms with Gasteiger partial charge in [-0.15, -0.1) is 0 Å². The second-order valence-electron chi connectivity index (χ2n) is 5.25. The molecule has 1 aromatic carbocycles. The number of benzene rings is 1. The third-order valence-electron chi connectivity index (χ3n) is 3.45. The zero-order valence-corrected chi connectivity index (χ0v) is 12.9. The van der Waals surface area contributed by atoms with Crippen molar-refractivity contribution in [3.63, 3.8) is 0 Å². The number of rotatable bonds is 7. The number of halogens is 2. The molecule has 0 heterocycles. The van der Waals surface area contributed by atoms with E-state index in [1.165, 1.54) is 6.07 Å². The Balaban J connectivity index is 2.87. The molecule has 0 saturated carbocycles. The fourth-order valence-electron chi connectivity index (χ4n) is 1.93. The van der Waals surface area contributed by atoms with Crippen molar-refractivity contribution in [1.29, 1.82) is 0 Å². The summed E-state index contributed by atoms with van der Waals surface area (Å²) in [7, 11) is 1.68. The van der Waals surface area contributed by atoms with Crippen LogP contribution in [0.1, 0.15) is 32.8 Å². The molecule has 1 unspecified atom stereocenters. The van der Waals surface area contributed by atoms with E-state index in [0.717, 1.165) is 13.0 Å². The minimum atomic E-state index is -0.360. The molecule has 0 aliphatic heterocycles. The Bertz CT molecular complexity index is 409. The Hall–Kier alpha value is -0.640. The fourth-order valence-corrected chi connectivity index (χ4v) is 2.09. The molecule has 0 bridgehead atoms. The van der Waals surface area contributed by atoms with Crippen LogP contribution in [0.5, 0.6) is 0 Å². The zero-order chi connectivity index (χ0) is 14.5. The molecule has 108 valence electrons. The van der Waals surface area contributed by atoms with Gasteiger partial charge in [-0.1, -0.05) is 24.6 Å². The summed E-state index contributed by atoms with van der Waals surface area (Å²) in [6.07, 6.45) is 1.60. The predicted molar refractivity (Wildman–Crippen MR) is 78.3 cm³/mol. The van der Waals surface area contributed by atoms with Gasteiger partial charge in [0.15, 0.2) is 0 Å². The second kappa shape index (κ2) is 7.22. The second-order valence-corrected chi connectivity index (χ2v) is 5.69. The maximum absolute atomic E-state index is 13.9. The summed E-state index contributed by atoms with van der Waals surface area (Å²) in [5.74, 6) is -0.261. The first-order valence-electron chi connectivity index (χ1n) is 6.63. The van der Waals surface area contributed by atoms with Crippen LogP contribution >= 0.6 is 11.6 Å². The van der Waals surface area contributed by atoms with Crippen LogP contribution in [0, 0.1) is 5.82 Å². The van der Waals surface area contributed by atoms with Crippen LogP contribution in [0.15, 0.2) is 18.2 Å².